The van der Waals surface area contributed by atoms with E-state index in [0.717, 1.165) is 13.0 Å². The molecule has 0 bridgehead atoms. The van der Waals surface area contributed by atoms with Crippen LogP contribution in [0.5, 0.6) is 11.5 Å². The van der Waals surface area contributed by atoms with E-state index in [1.54, 1.807) is 49.6 Å². The Labute approximate surface area is 182 Å². The number of nitrogens with zero attached hydrogens (tertiary/aromatic N) is 2. The third-order valence-corrected chi connectivity index (χ3v) is 7.46. The third-order valence-electron chi connectivity index (χ3n) is 4.81. The van der Waals surface area contributed by atoms with E-state index in [1.807, 2.05) is 0 Å². The van der Waals surface area contributed by atoms with Crippen LogP contribution in [-0.4, -0.2) is 64.1 Å². The highest BCUT2D eigenvalue weighted by Crippen LogP contribution is 2.26. The van der Waals surface area contributed by atoms with Crippen molar-refractivity contribution >= 4 is 33.2 Å². The van der Waals surface area contributed by atoms with Gasteiger partial charge >= 0.3 is 0 Å². The molecule has 3 rings (SSSR count). The zero-order chi connectivity index (χ0) is 20.9. The van der Waals surface area contributed by atoms with E-state index < -0.39 is 10.0 Å². The van der Waals surface area contributed by atoms with Crippen molar-refractivity contribution in [2.24, 2.45) is 0 Å². The lowest BCUT2D eigenvalue weighted by Gasteiger charge is -2.34. The fourth-order valence-electron chi connectivity index (χ4n) is 3.14. The lowest BCUT2D eigenvalue weighted by molar-refractivity contribution is 0.174. The summed E-state index contributed by atoms with van der Waals surface area (Å²) in [6.45, 7) is 3.74. The van der Waals surface area contributed by atoms with Crippen LogP contribution in [0.25, 0.3) is 0 Å². The second kappa shape index (κ2) is 10.00. The topological polar surface area (TPSA) is 59.1 Å². The van der Waals surface area contributed by atoms with Gasteiger partial charge in [-0.2, -0.15) is 4.31 Å². The number of piperazine rings is 1. The summed E-state index contributed by atoms with van der Waals surface area (Å²) >= 11 is 11.9. The highest BCUT2D eigenvalue weighted by molar-refractivity contribution is 7.89. The molecule has 1 aliphatic rings. The molecule has 6 nitrogen and oxygen atoms in total. The van der Waals surface area contributed by atoms with E-state index in [2.05, 4.69) is 4.90 Å². The first kappa shape index (κ1) is 22.2. The summed E-state index contributed by atoms with van der Waals surface area (Å²) in [6.07, 6.45) is 0.839. The van der Waals surface area contributed by atoms with Crippen LogP contribution in [0.3, 0.4) is 0 Å². The SMILES string of the molecule is COc1ccc(S(=O)(=O)N2CCN(CCCOc3ccc(Cl)c(Cl)c3)CC2)cc1. The summed E-state index contributed by atoms with van der Waals surface area (Å²) in [5.74, 6) is 1.33. The van der Waals surface area contributed by atoms with Gasteiger partial charge in [0.2, 0.25) is 10.0 Å². The fourth-order valence-corrected chi connectivity index (χ4v) is 4.85. The summed E-state index contributed by atoms with van der Waals surface area (Å²) < 4.78 is 37.9. The number of methoxy groups -OCH3 is 1. The molecule has 1 aliphatic heterocycles. The van der Waals surface area contributed by atoms with E-state index >= 15 is 0 Å². The number of hydrogen-bond acceptors (Lipinski definition) is 5. The number of halogens is 2. The van der Waals surface area contributed by atoms with E-state index in [9.17, 15) is 8.42 Å². The van der Waals surface area contributed by atoms with Crippen LogP contribution in [0.15, 0.2) is 47.4 Å². The predicted octanol–water partition coefficient (Wildman–Crippen LogP) is 3.78. The molecule has 0 radical (unpaired) electrons. The van der Waals surface area contributed by atoms with Gasteiger partial charge in [0.25, 0.3) is 0 Å². The standard InChI is InChI=1S/C20H24Cl2N2O4S/c1-27-16-3-6-18(7-4-16)29(25,26)24-12-10-23(11-13-24)9-2-14-28-17-5-8-19(21)20(22)15-17/h3-8,15H,2,9-14H2,1H3. The third kappa shape index (κ3) is 5.77. The lowest BCUT2D eigenvalue weighted by Crippen LogP contribution is -2.48. The Hall–Kier alpha value is -1.51. The van der Waals surface area contributed by atoms with Crippen LogP contribution in [0.1, 0.15) is 6.42 Å². The molecule has 0 N–H and O–H groups in total. The second-order valence-electron chi connectivity index (χ2n) is 6.70. The van der Waals surface area contributed by atoms with Gasteiger partial charge < -0.3 is 14.4 Å². The number of sulfonamides is 1. The Morgan fingerprint density at radius 3 is 2.21 bits per heavy atom. The smallest absolute Gasteiger partial charge is 0.243 e. The monoisotopic (exact) mass is 458 g/mol. The van der Waals surface area contributed by atoms with Crippen LogP contribution < -0.4 is 9.47 Å². The van der Waals surface area contributed by atoms with Crippen molar-refractivity contribution in [2.45, 2.75) is 11.3 Å². The van der Waals surface area contributed by atoms with Gasteiger partial charge in [0.05, 0.1) is 28.7 Å². The van der Waals surface area contributed by atoms with Gasteiger partial charge in [-0.05, 0) is 42.8 Å². The lowest BCUT2D eigenvalue weighted by atomic mass is 10.3. The highest BCUT2D eigenvalue weighted by Gasteiger charge is 2.28. The Morgan fingerprint density at radius 2 is 1.59 bits per heavy atom. The van der Waals surface area contributed by atoms with Gasteiger partial charge in [-0.1, -0.05) is 23.2 Å². The zero-order valence-electron chi connectivity index (χ0n) is 16.2. The van der Waals surface area contributed by atoms with Crippen molar-refractivity contribution in [3.63, 3.8) is 0 Å². The Bertz CT molecular complexity index is 915. The molecular weight excluding hydrogens is 435 g/mol. The summed E-state index contributed by atoms with van der Waals surface area (Å²) in [4.78, 5) is 2.54. The van der Waals surface area contributed by atoms with Crippen LogP contribution in [-0.2, 0) is 10.0 Å². The van der Waals surface area contributed by atoms with Crippen molar-refractivity contribution in [3.05, 3.63) is 52.5 Å². The van der Waals surface area contributed by atoms with Gasteiger partial charge in [0.15, 0.2) is 0 Å². The van der Waals surface area contributed by atoms with E-state index in [-0.39, 0.29) is 0 Å². The molecule has 0 unspecified atom stereocenters. The first-order valence-electron chi connectivity index (χ1n) is 9.34. The van der Waals surface area contributed by atoms with Crippen LogP contribution >= 0.6 is 23.2 Å². The molecule has 0 saturated carbocycles. The van der Waals surface area contributed by atoms with Crippen molar-refractivity contribution in [2.75, 3.05) is 46.4 Å². The largest absolute Gasteiger partial charge is 0.497 e. The quantitative estimate of drug-likeness (QED) is 0.563. The second-order valence-corrected chi connectivity index (χ2v) is 9.45. The maximum atomic E-state index is 12.8. The molecular formula is C20H24Cl2N2O4S. The summed E-state index contributed by atoms with van der Waals surface area (Å²) in [6, 6.07) is 11.7. The average Bonchev–Trinajstić information content (AvgIpc) is 2.74. The number of ether oxygens (including phenoxy) is 2. The molecule has 9 heteroatoms. The maximum Gasteiger partial charge on any atom is 0.243 e. The van der Waals surface area contributed by atoms with E-state index in [0.29, 0.717) is 59.2 Å². The number of rotatable bonds is 8. The van der Waals surface area contributed by atoms with Gasteiger partial charge in [-0.15, -0.1) is 0 Å². The number of hydrogen-bond donors (Lipinski definition) is 0. The highest BCUT2D eigenvalue weighted by atomic mass is 35.5. The molecule has 2 aromatic carbocycles. The zero-order valence-corrected chi connectivity index (χ0v) is 18.5. The molecule has 1 heterocycles. The van der Waals surface area contributed by atoms with Gasteiger partial charge in [0, 0.05) is 38.8 Å². The van der Waals surface area contributed by atoms with E-state index in [1.165, 1.54) is 4.31 Å². The van der Waals surface area contributed by atoms with Gasteiger partial charge in [-0.3, -0.25) is 0 Å². The summed E-state index contributed by atoms with van der Waals surface area (Å²) in [7, 11) is -1.92. The minimum atomic E-state index is -3.48. The van der Waals surface area contributed by atoms with Crippen LogP contribution in [0.2, 0.25) is 10.0 Å². The molecule has 1 fully saturated rings. The molecule has 0 amide bonds. The minimum Gasteiger partial charge on any atom is -0.497 e. The minimum absolute atomic E-state index is 0.293. The van der Waals surface area contributed by atoms with Crippen LogP contribution in [0, 0.1) is 0 Å². The van der Waals surface area contributed by atoms with E-state index in [4.69, 9.17) is 32.7 Å². The Balaban J connectivity index is 1.43. The maximum absolute atomic E-state index is 12.8. The average molecular weight is 459 g/mol. The normalized spacial score (nSPS) is 16.0. The Morgan fingerprint density at radius 1 is 0.931 bits per heavy atom. The van der Waals surface area contributed by atoms with Crippen molar-refractivity contribution < 1.29 is 17.9 Å². The number of benzene rings is 2. The first-order valence-corrected chi connectivity index (χ1v) is 11.5. The van der Waals surface area contributed by atoms with Crippen molar-refractivity contribution in [1.82, 2.24) is 9.21 Å². The molecule has 29 heavy (non-hydrogen) atoms. The molecule has 0 aliphatic carbocycles. The summed E-state index contributed by atoms with van der Waals surface area (Å²) in [5.41, 5.74) is 0. The molecule has 0 aromatic heterocycles. The fraction of sp³-hybridized carbons (Fsp3) is 0.400. The first-order chi connectivity index (χ1) is 13.9. The van der Waals surface area contributed by atoms with Gasteiger partial charge in [-0.25, -0.2) is 8.42 Å². The predicted molar refractivity (Wildman–Crippen MR) is 115 cm³/mol. The molecule has 1 saturated heterocycles. The molecule has 158 valence electrons. The van der Waals surface area contributed by atoms with Crippen LogP contribution in [0.4, 0.5) is 0 Å². The molecule has 0 atom stereocenters. The Kier molecular flexibility index (Phi) is 7.65. The molecule has 2 aromatic rings. The van der Waals surface area contributed by atoms with Crippen molar-refractivity contribution in [1.29, 1.82) is 0 Å². The van der Waals surface area contributed by atoms with Crippen molar-refractivity contribution in [3.8, 4) is 11.5 Å². The summed E-state index contributed by atoms with van der Waals surface area (Å²) in [5, 5.41) is 0.972. The van der Waals surface area contributed by atoms with Gasteiger partial charge in [0.1, 0.15) is 11.5 Å². The molecule has 0 spiro atoms.